The van der Waals surface area contributed by atoms with Gasteiger partial charge in [0.2, 0.25) is 0 Å². The average Bonchev–Trinajstić information content (AvgIpc) is 2.96. The minimum Gasteiger partial charge on any atom is -0.467 e. The van der Waals surface area contributed by atoms with Gasteiger partial charge in [-0.1, -0.05) is 5.16 Å². The van der Waals surface area contributed by atoms with Gasteiger partial charge >= 0.3 is 0 Å². The van der Waals surface area contributed by atoms with Crippen molar-refractivity contribution in [2.24, 2.45) is 0 Å². The molecule has 0 aliphatic rings. The molecule has 18 heavy (non-hydrogen) atoms. The number of rotatable bonds is 5. The fraction of sp³-hybridized carbons (Fsp3) is 0.462. The Labute approximate surface area is 106 Å². The molecule has 0 radical (unpaired) electrons. The molecule has 0 saturated heterocycles. The molecule has 0 spiro atoms. The molecule has 2 aromatic heterocycles. The van der Waals surface area contributed by atoms with Crippen molar-refractivity contribution in [1.82, 2.24) is 10.5 Å². The molecule has 0 aliphatic heterocycles. The predicted octanol–water partition coefficient (Wildman–Crippen LogP) is 2.27. The second-order valence-corrected chi connectivity index (χ2v) is 4.40. The van der Waals surface area contributed by atoms with Gasteiger partial charge in [0.25, 0.3) is 0 Å². The highest BCUT2D eigenvalue weighted by Gasteiger charge is 2.18. The molecule has 0 aliphatic carbocycles. The van der Waals surface area contributed by atoms with E-state index in [0.717, 1.165) is 17.0 Å². The molecule has 0 bridgehead atoms. The van der Waals surface area contributed by atoms with Crippen LogP contribution in [0.4, 0.5) is 0 Å². The summed E-state index contributed by atoms with van der Waals surface area (Å²) in [4.78, 5) is 0. The van der Waals surface area contributed by atoms with Crippen LogP contribution in [0.25, 0.3) is 0 Å². The van der Waals surface area contributed by atoms with E-state index < -0.39 is 6.10 Å². The number of nitrogens with zero attached hydrogens (tertiary/aromatic N) is 1. The number of hydrogen-bond acceptors (Lipinski definition) is 5. The lowest BCUT2D eigenvalue weighted by atomic mass is 10.1. The van der Waals surface area contributed by atoms with Gasteiger partial charge in [0.1, 0.15) is 17.6 Å². The normalized spacial score (nSPS) is 14.7. The Morgan fingerprint density at radius 1 is 1.44 bits per heavy atom. The van der Waals surface area contributed by atoms with E-state index in [1.54, 1.807) is 18.4 Å². The van der Waals surface area contributed by atoms with Crippen LogP contribution in [0.2, 0.25) is 0 Å². The van der Waals surface area contributed by atoms with Crippen molar-refractivity contribution < 1.29 is 14.0 Å². The topological polar surface area (TPSA) is 71.4 Å². The molecule has 2 rings (SSSR count). The van der Waals surface area contributed by atoms with E-state index >= 15 is 0 Å². The zero-order valence-corrected chi connectivity index (χ0v) is 10.8. The van der Waals surface area contributed by atoms with Crippen molar-refractivity contribution in [3.05, 3.63) is 41.2 Å². The molecular formula is C13H18N2O3. The minimum atomic E-state index is -0.650. The van der Waals surface area contributed by atoms with E-state index in [0.29, 0.717) is 12.3 Å². The highest BCUT2D eigenvalue weighted by molar-refractivity contribution is 5.24. The van der Waals surface area contributed by atoms with Gasteiger partial charge < -0.3 is 19.4 Å². The number of furan rings is 1. The lowest BCUT2D eigenvalue weighted by Crippen LogP contribution is -2.25. The van der Waals surface area contributed by atoms with Crippen molar-refractivity contribution >= 4 is 0 Å². The van der Waals surface area contributed by atoms with Crippen molar-refractivity contribution in [2.45, 2.75) is 32.9 Å². The van der Waals surface area contributed by atoms with E-state index in [1.807, 2.05) is 20.8 Å². The fourth-order valence-corrected chi connectivity index (χ4v) is 2.08. The molecule has 2 aromatic rings. The molecule has 5 nitrogen and oxygen atoms in total. The first-order chi connectivity index (χ1) is 8.59. The summed E-state index contributed by atoms with van der Waals surface area (Å²) >= 11 is 0. The van der Waals surface area contributed by atoms with Crippen LogP contribution in [0.5, 0.6) is 0 Å². The van der Waals surface area contributed by atoms with Crippen LogP contribution in [-0.4, -0.2) is 16.8 Å². The first kappa shape index (κ1) is 12.9. The minimum absolute atomic E-state index is 0.0702. The molecule has 2 unspecified atom stereocenters. The van der Waals surface area contributed by atoms with Crippen molar-refractivity contribution in [3.8, 4) is 0 Å². The summed E-state index contributed by atoms with van der Waals surface area (Å²) in [5.41, 5.74) is 1.92. The van der Waals surface area contributed by atoms with Crippen LogP contribution in [0, 0.1) is 13.8 Å². The molecule has 2 atom stereocenters. The average molecular weight is 250 g/mol. The largest absolute Gasteiger partial charge is 0.467 e. The molecule has 2 N–H and O–H groups in total. The Hall–Kier alpha value is -1.59. The second-order valence-electron chi connectivity index (χ2n) is 4.40. The molecule has 0 amide bonds. The first-order valence-electron chi connectivity index (χ1n) is 5.97. The number of aliphatic hydroxyl groups excluding tert-OH is 1. The summed E-state index contributed by atoms with van der Waals surface area (Å²) in [6, 6.07) is 3.59. The standard InChI is InChI=1S/C13H18N2O3/c1-8(13-9(2)15-18-10(13)3)14-7-11(16)12-5-4-6-17-12/h4-6,8,11,14,16H,7H2,1-3H3. The van der Waals surface area contributed by atoms with E-state index in [9.17, 15) is 5.11 Å². The summed E-state index contributed by atoms with van der Waals surface area (Å²) in [5.74, 6) is 1.37. The van der Waals surface area contributed by atoms with Crippen molar-refractivity contribution in [1.29, 1.82) is 0 Å². The lowest BCUT2D eigenvalue weighted by Gasteiger charge is -2.15. The van der Waals surface area contributed by atoms with Gasteiger partial charge in [-0.15, -0.1) is 0 Å². The van der Waals surface area contributed by atoms with Gasteiger partial charge in [-0.05, 0) is 32.9 Å². The van der Waals surface area contributed by atoms with Gasteiger partial charge in [0.05, 0.1) is 12.0 Å². The maximum Gasteiger partial charge on any atom is 0.138 e. The van der Waals surface area contributed by atoms with E-state index in [-0.39, 0.29) is 6.04 Å². The van der Waals surface area contributed by atoms with Crippen LogP contribution < -0.4 is 5.32 Å². The SMILES string of the molecule is Cc1noc(C)c1C(C)NCC(O)c1ccco1. The Kier molecular flexibility index (Phi) is 3.84. The molecule has 2 heterocycles. The molecular weight excluding hydrogens is 232 g/mol. The quantitative estimate of drug-likeness (QED) is 0.851. The smallest absolute Gasteiger partial charge is 0.138 e. The Morgan fingerprint density at radius 3 is 2.78 bits per heavy atom. The first-order valence-corrected chi connectivity index (χ1v) is 5.97. The van der Waals surface area contributed by atoms with E-state index in [1.165, 1.54) is 0 Å². The highest BCUT2D eigenvalue weighted by Crippen LogP contribution is 2.21. The van der Waals surface area contributed by atoms with Crippen LogP contribution >= 0.6 is 0 Å². The number of aromatic nitrogens is 1. The Balaban J connectivity index is 1.95. The molecule has 0 aromatic carbocycles. The van der Waals surface area contributed by atoms with Crippen LogP contribution in [0.3, 0.4) is 0 Å². The Morgan fingerprint density at radius 2 is 2.22 bits per heavy atom. The van der Waals surface area contributed by atoms with Gasteiger partial charge in [0, 0.05) is 18.2 Å². The maximum absolute atomic E-state index is 9.90. The van der Waals surface area contributed by atoms with Gasteiger partial charge in [-0.25, -0.2) is 0 Å². The van der Waals surface area contributed by atoms with Crippen LogP contribution in [0.1, 0.15) is 41.8 Å². The summed E-state index contributed by atoms with van der Waals surface area (Å²) in [6.07, 6.45) is 0.902. The molecule has 5 heteroatoms. The molecule has 0 saturated carbocycles. The summed E-state index contributed by atoms with van der Waals surface area (Å²) in [6.45, 7) is 6.23. The third kappa shape index (κ3) is 2.63. The zero-order valence-electron chi connectivity index (χ0n) is 10.8. The summed E-state index contributed by atoms with van der Waals surface area (Å²) in [5, 5.41) is 17.1. The third-order valence-corrected chi connectivity index (χ3v) is 3.01. The highest BCUT2D eigenvalue weighted by atomic mass is 16.5. The van der Waals surface area contributed by atoms with Gasteiger partial charge in [-0.3, -0.25) is 0 Å². The maximum atomic E-state index is 9.90. The van der Waals surface area contributed by atoms with E-state index in [2.05, 4.69) is 10.5 Å². The number of aryl methyl sites for hydroxylation is 2. The second kappa shape index (κ2) is 5.37. The van der Waals surface area contributed by atoms with Crippen LogP contribution in [-0.2, 0) is 0 Å². The number of hydrogen-bond donors (Lipinski definition) is 2. The summed E-state index contributed by atoms with van der Waals surface area (Å²) in [7, 11) is 0. The fourth-order valence-electron chi connectivity index (χ4n) is 2.08. The zero-order chi connectivity index (χ0) is 13.1. The van der Waals surface area contributed by atoms with E-state index in [4.69, 9.17) is 8.94 Å². The van der Waals surface area contributed by atoms with Crippen molar-refractivity contribution in [3.63, 3.8) is 0 Å². The molecule has 98 valence electrons. The lowest BCUT2D eigenvalue weighted by molar-refractivity contribution is 0.144. The van der Waals surface area contributed by atoms with Crippen molar-refractivity contribution in [2.75, 3.05) is 6.54 Å². The molecule has 0 fully saturated rings. The number of aliphatic hydroxyl groups is 1. The Bertz CT molecular complexity index is 471. The predicted molar refractivity (Wildman–Crippen MR) is 66.1 cm³/mol. The summed E-state index contributed by atoms with van der Waals surface area (Å²) < 4.78 is 10.3. The third-order valence-electron chi connectivity index (χ3n) is 3.01. The van der Waals surface area contributed by atoms with Crippen LogP contribution in [0.15, 0.2) is 27.3 Å². The number of nitrogens with one attached hydrogen (secondary N) is 1. The van der Waals surface area contributed by atoms with Gasteiger partial charge in [0.15, 0.2) is 0 Å². The van der Waals surface area contributed by atoms with Gasteiger partial charge in [-0.2, -0.15) is 0 Å². The monoisotopic (exact) mass is 250 g/mol.